The van der Waals surface area contributed by atoms with Crippen LogP contribution in [0.3, 0.4) is 0 Å². The Kier molecular flexibility index (Phi) is 4.78. The second-order valence-corrected chi connectivity index (χ2v) is 7.02. The Morgan fingerprint density at radius 2 is 2.17 bits per heavy atom. The van der Waals surface area contributed by atoms with E-state index in [1.165, 1.54) is 29.7 Å². The third-order valence-corrected chi connectivity index (χ3v) is 5.02. The molecule has 3 rings (SSSR count). The highest BCUT2D eigenvalue weighted by molar-refractivity contribution is 7.84. The number of hydrogen-bond donors (Lipinski definition) is 1. The molecule has 2 heterocycles. The topological polar surface area (TPSA) is 54.9 Å². The quantitative estimate of drug-likeness (QED) is 0.765. The van der Waals surface area contributed by atoms with Crippen molar-refractivity contribution in [1.29, 1.82) is 0 Å². The minimum Gasteiger partial charge on any atom is -0.379 e. The van der Waals surface area contributed by atoms with E-state index in [0.717, 1.165) is 16.4 Å². The van der Waals surface area contributed by atoms with Crippen LogP contribution in [0.1, 0.15) is 5.69 Å². The van der Waals surface area contributed by atoms with E-state index in [4.69, 9.17) is 0 Å². The zero-order valence-electron chi connectivity index (χ0n) is 12.3. The molecule has 1 atom stereocenters. The van der Waals surface area contributed by atoms with E-state index in [1.54, 1.807) is 12.3 Å². The summed E-state index contributed by atoms with van der Waals surface area (Å²) >= 11 is 1.52. The fraction of sp³-hybridized carbons (Fsp3) is 0.125. The van der Waals surface area contributed by atoms with Crippen LogP contribution in [0.25, 0.3) is 10.7 Å². The lowest BCUT2D eigenvalue weighted by atomic mass is 10.3. The van der Waals surface area contributed by atoms with E-state index in [2.05, 4.69) is 15.3 Å². The number of thiazole rings is 1. The molecule has 7 heteroatoms. The molecule has 0 unspecified atom stereocenters. The van der Waals surface area contributed by atoms with Gasteiger partial charge in [-0.05, 0) is 30.3 Å². The van der Waals surface area contributed by atoms with Crippen molar-refractivity contribution in [1.82, 2.24) is 9.97 Å². The van der Waals surface area contributed by atoms with Crippen LogP contribution in [0.4, 0.5) is 10.1 Å². The second-order valence-electron chi connectivity index (χ2n) is 4.81. The number of benzene rings is 1. The van der Waals surface area contributed by atoms with Crippen molar-refractivity contribution >= 4 is 27.8 Å². The maximum Gasteiger partial charge on any atom is 0.142 e. The van der Waals surface area contributed by atoms with Gasteiger partial charge in [-0.15, -0.1) is 11.3 Å². The minimum atomic E-state index is -1.33. The molecule has 0 saturated carbocycles. The standard InChI is InChI=1S/C16H14FN3OS2/c1-23(21)15-6-5-11(8-13(15)17)19-9-12-10-22-16(20-12)14-4-2-3-7-18-14/h2-8,10,19H,9H2,1H3/t23-/m1/s1. The van der Waals surface area contributed by atoms with Gasteiger partial charge in [-0.25, -0.2) is 9.37 Å². The number of hydrogen-bond acceptors (Lipinski definition) is 5. The van der Waals surface area contributed by atoms with Gasteiger partial charge in [-0.3, -0.25) is 9.19 Å². The molecule has 118 valence electrons. The third-order valence-electron chi connectivity index (χ3n) is 3.15. The number of nitrogens with one attached hydrogen (secondary N) is 1. The molecular weight excluding hydrogens is 333 g/mol. The Bertz CT molecular complexity index is 836. The summed E-state index contributed by atoms with van der Waals surface area (Å²) in [6.07, 6.45) is 3.19. The lowest BCUT2D eigenvalue weighted by Crippen LogP contribution is -2.01. The molecule has 0 fully saturated rings. The summed E-state index contributed by atoms with van der Waals surface area (Å²) in [5.74, 6) is -0.469. The van der Waals surface area contributed by atoms with E-state index < -0.39 is 16.6 Å². The van der Waals surface area contributed by atoms with E-state index in [1.807, 2.05) is 23.6 Å². The number of aromatic nitrogens is 2. The molecule has 1 aromatic carbocycles. The van der Waals surface area contributed by atoms with Crippen molar-refractivity contribution in [2.75, 3.05) is 11.6 Å². The molecule has 0 aliphatic carbocycles. The minimum absolute atomic E-state index is 0.210. The Morgan fingerprint density at radius 3 is 2.87 bits per heavy atom. The summed E-state index contributed by atoms with van der Waals surface area (Å²) in [6.45, 7) is 0.483. The first kappa shape index (κ1) is 15.8. The van der Waals surface area contributed by atoms with Crippen LogP contribution in [0, 0.1) is 5.82 Å². The summed E-state index contributed by atoms with van der Waals surface area (Å²) in [7, 11) is -1.33. The van der Waals surface area contributed by atoms with Gasteiger partial charge in [0.25, 0.3) is 0 Å². The average molecular weight is 347 g/mol. The average Bonchev–Trinajstić information content (AvgIpc) is 3.02. The van der Waals surface area contributed by atoms with Crippen molar-refractivity contribution in [3.63, 3.8) is 0 Å². The summed E-state index contributed by atoms with van der Waals surface area (Å²) in [6, 6.07) is 10.3. The Balaban J connectivity index is 1.68. The first-order chi connectivity index (χ1) is 11.1. The number of halogens is 1. The Hall–Kier alpha value is -2.12. The summed E-state index contributed by atoms with van der Waals surface area (Å²) in [4.78, 5) is 8.99. The SMILES string of the molecule is C[S@@](=O)c1ccc(NCc2csc(-c3ccccn3)n2)cc1F. The zero-order chi connectivity index (χ0) is 16.2. The van der Waals surface area contributed by atoms with Gasteiger partial charge in [0.05, 0.1) is 33.6 Å². The van der Waals surface area contributed by atoms with E-state index in [9.17, 15) is 8.60 Å². The molecule has 4 nitrogen and oxygen atoms in total. The first-order valence-corrected chi connectivity index (χ1v) is 9.30. The van der Waals surface area contributed by atoms with Crippen LogP contribution in [-0.2, 0) is 17.3 Å². The maximum atomic E-state index is 13.8. The first-order valence-electron chi connectivity index (χ1n) is 6.86. The van der Waals surface area contributed by atoms with Gasteiger partial charge >= 0.3 is 0 Å². The Morgan fingerprint density at radius 1 is 1.30 bits per heavy atom. The monoisotopic (exact) mass is 347 g/mol. The van der Waals surface area contributed by atoms with Crippen molar-refractivity contribution < 1.29 is 8.60 Å². The molecule has 0 spiro atoms. The van der Waals surface area contributed by atoms with Crippen LogP contribution < -0.4 is 5.32 Å². The molecule has 0 amide bonds. The fourth-order valence-corrected chi connectivity index (χ4v) is 3.42. The molecule has 0 saturated heterocycles. The van der Waals surface area contributed by atoms with Crippen LogP contribution >= 0.6 is 11.3 Å². The highest BCUT2D eigenvalue weighted by atomic mass is 32.2. The molecule has 0 aliphatic rings. The van der Waals surface area contributed by atoms with E-state index in [0.29, 0.717) is 12.2 Å². The van der Waals surface area contributed by atoms with Gasteiger partial charge in [0.15, 0.2) is 0 Å². The van der Waals surface area contributed by atoms with Crippen molar-refractivity contribution in [2.24, 2.45) is 0 Å². The highest BCUT2D eigenvalue weighted by Crippen LogP contribution is 2.22. The van der Waals surface area contributed by atoms with Gasteiger partial charge in [0.2, 0.25) is 0 Å². The van der Waals surface area contributed by atoms with Crippen molar-refractivity contribution in [3.05, 3.63) is 59.5 Å². The molecule has 3 aromatic rings. The van der Waals surface area contributed by atoms with Gasteiger partial charge in [-0.2, -0.15) is 0 Å². The zero-order valence-corrected chi connectivity index (χ0v) is 14.0. The largest absolute Gasteiger partial charge is 0.379 e. The van der Waals surface area contributed by atoms with Crippen molar-refractivity contribution in [3.8, 4) is 10.7 Å². The normalized spacial score (nSPS) is 12.1. The third kappa shape index (κ3) is 3.80. The maximum absolute atomic E-state index is 13.8. The number of anilines is 1. The molecule has 0 aliphatic heterocycles. The lowest BCUT2D eigenvalue weighted by Gasteiger charge is -2.06. The molecule has 23 heavy (non-hydrogen) atoms. The molecule has 1 N–H and O–H groups in total. The van der Waals surface area contributed by atoms with Crippen LogP contribution in [0.2, 0.25) is 0 Å². The smallest absolute Gasteiger partial charge is 0.142 e. The van der Waals surface area contributed by atoms with E-state index in [-0.39, 0.29) is 4.90 Å². The number of pyridine rings is 1. The predicted octanol–water partition coefficient (Wildman–Crippen LogP) is 3.69. The van der Waals surface area contributed by atoms with Gasteiger partial charge < -0.3 is 5.32 Å². The van der Waals surface area contributed by atoms with E-state index >= 15 is 0 Å². The molecule has 2 aromatic heterocycles. The summed E-state index contributed by atoms with van der Waals surface area (Å²) in [5.41, 5.74) is 2.33. The van der Waals surface area contributed by atoms with Gasteiger partial charge in [-0.1, -0.05) is 6.07 Å². The fourth-order valence-electron chi connectivity index (χ4n) is 2.03. The van der Waals surface area contributed by atoms with Gasteiger partial charge in [0.1, 0.15) is 10.8 Å². The Labute approximate surface area is 139 Å². The van der Waals surface area contributed by atoms with Crippen LogP contribution in [0.15, 0.2) is 52.9 Å². The number of nitrogens with zero attached hydrogens (tertiary/aromatic N) is 2. The lowest BCUT2D eigenvalue weighted by molar-refractivity contribution is 0.596. The second kappa shape index (κ2) is 6.97. The molecule has 0 bridgehead atoms. The molecule has 0 radical (unpaired) electrons. The van der Waals surface area contributed by atoms with Gasteiger partial charge in [0, 0.05) is 23.5 Å². The van der Waals surface area contributed by atoms with Crippen molar-refractivity contribution in [2.45, 2.75) is 11.4 Å². The van der Waals surface area contributed by atoms with Crippen LogP contribution in [0.5, 0.6) is 0 Å². The van der Waals surface area contributed by atoms with Crippen LogP contribution in [-0.4, -0.2) is 20.4 Å². The predicted molar refractivity (Wildman–Crippen MR) is 91.4 cm³/mol. The summed E-state index contributed by atoms with van der Waals surface area (Å²) < 4.78 is 25.1. The number of rotatable bonds is 5. The summed E-state index contributed by atoms with van der Waals surface area (Å²) in [5, 5.41) is 5.92. The molecular formula is C16H14FN3OS2. The highest BCUT2D eigenvalue weighted by Gasteiger charge is 2.08.